The van der Waals surface area contributed by atoms with Crippen LogP contribution in [0.1, 0.15) is 41.2 Å². The predicted octanol–water partition coefficient (Wildman–Crippen LogP) is 2.89. The fourth-order valence-corrected chi connectivity index (χ4v) is 2.96. The number of carbonyl (C=O) groups is 1. The summed E-state index contributed by atoms with van der Waals surface area (Å²) in [7, 11) is 1.80. The van der Waals surface area contributed by atoms with Crippen molar-refractivity contribution >= 4 is 11.7 Å². The average Bonchev–Trinajstić information content (AvgIpc) is 2.62. The molecule has 3 heterocycles. The Bertz CT molecular complexity index is 644. The topological polar surface area (TPSA) is 58.1 Å². The first kappa shape index (κ1) is 14.5. The Labute approximate surface area is 130 Å². The van der Waals surface area contributed by atoms with Gasteiger partial charge in [-0.2, -0.15) is 0 Å². The van der Waals surface area contributed by atoms with Gasteiger partial charge in [0.15, 0.2) is 0 Å². The highest BCUT2D eigenvalue weighted by Crippen LogP contribution is 2.31. The molecule has 0 unspecified atom stereocenters. The molecule has 5 nitrogen and oxygen atoms in total. The van der Waals surface area contributed by atoms with Gasteiger partial charge in [0.05, 0.1) is 6.04 Å². The van der Waals surface area contributed by atoms with Crippen LogP contribution in [0.25, 0.3) is 0 Å². The number of pyridine rings is 2. The molecule has 2 aromatic heterocycles. The van der Waals surface area contributed by atoms with Gasteiger partial charge >= 0.3 is 0 Å². The molecule has 0 saturated carbocycles. The number of hydrogen-bond donors (Lipinski definition) is 1. The van der Waals surface area contributed by atoms with Crippen LogP contribution in [-0.4, -0.2) is 34.4 Å². The fraction of sp³-hybridized carbons (Fsp3) is 0.353. The molecule has 5 heteroatoms. The van der Waals surface area contributed by atoms with E-state index in [1.807, 2.05) is 17.2 Å². The highest BCUT2D eigenvalue weighted by molar-refractivity contribution is 5.95. The fourth-order valence-electron chi connectivity index (χ4n) is 2.96. The second-order valence-corrected chi connectivity index (χ2v) is 5.48. The summed E-state index contributed by atoms with van der Waals surface area (Å²) >= 11 is 0. The van der Waals surface area contributed by atoms with E-state index >= 15 is 0 Å². The van der Waals surface area contributed by atoms with E-state index in [1.54, 1.807) is 31.6 Å². The van der Waals surface area contributed by atoms with Crippen LogP contribution >= 0.6 is 0 Å². The summed E-state index contributed by atoms with van der Waals surface area (Å²) in [6, 6.07) is 7.67. The largest absolute Gasteiger partial charge is 0.373 e. The van der Waals surface area contributed by atoms with Crippen LogP contribution in [-0.2, 0) is 0 Å². The van der Waals surface area contributed by atoms with Gasteiger partial charge in [0.2, 0.25) is 0 Å². The first-order valence-electron chi connectivity index (χ1n) is 7.64. The van der Waals surface area contributed by atoms with E-state index < -0.39 is 0 Å². The van der Waals surface area contributed by atoms with Gasteiger partial charge in [0, 0.05) is 37.7 Å². The molecule has 1 fully saturated rings. The second-order valence-electron chi connectivity index (χ2n) is 5.48. The molecule has 0 radical (unpaired) electrons. The van der Waals surface area contributed by atoms with Gasteiger partial charge in [-0.3, -0.25) is 9.78 Å². The Balaban J connectivity index is 1.88. The molecule has 2 aromatic rings. The van der Waals surface area contributed by atoms with Crippen LogP contribution < -0.4 is 5.32 Å². The van der Waals surface area contributed by atoms with Crippen molar-refractivity contribution in [2.24, 2.45) is 0 Å². The molecule has 1 aliphatic rings. The molecule has 1 N–H and O–H groups in total. The van der Waals surface area contributed by atoms with Crippen molar-refractivity contribution in [3.8, 4) is 0 Å². The lowest BCUT2D eigenvalue weighted by Crippen LogP contribution is -2.38. The Hall–Kier alpha value is -2.43. The average molecular weight is 296 g/mol. The van der Waals surface area contributed by atoms with Gasteiger partial charge in [-0.25, -0.2) is 4.98 Å². The maximum Gasteiger partial charge on any atom is 0.254 e. The lowest BCUT2D eigenvalue weighted by Gasteiger charge is -2.36. The zero-order valence-electron chi connectivity index (χ0n) is 12.7. The number of nitrogens with zero attached hydrogens (tertiary/aromatic N) is 3. The lowest BCUT2D eigenvalue weighted by atomic mass is 9.95. The number of rotatable bonds is 3. The number of nitrogens with one attached hydrogen (secondary N) is 1. The molecular formula is C17H20N4O. The third-order valence-corrected chi connectivity index (χ3v) is 4.10. The highest BCUT2D eigenvalue weighted by atomic mass is 16.2. The number of likely N-dealkylation sites (tertiary alicyclic amines) is 1. The number of piperidine rings is 1. The van der Waals surface area contributed by atoms with Crippen LogP contribution in [0.15, 0.2) is 42.9 Å². The maximum atomic E-state index is 12.9. The summed E-state index contributed by atoms with van der Waals surface area (Å²) in [6.45, 7) is 0.787. The smallest absolute Gasteiger partial charge is 0.254 e. The van der Waals surface area contributed by atoms with E-state index in [1.165, 1.54) is 0 Å². The summed E-state index contributed by atoms with van der Waals surface area (Å²) in [5.74, 6) is 0.772. The number of hydrogen-bond acceptors (Lipinski definition) is 4. The van der Waals surface area contributed by atoms with E-state index in [-0.39, 0.29) is 11.9 Å². The van der Waals surface area contributed by atoms with Gasteiger partial charge in [0.1, 0.15) is 5.82 Å². The van der Waals surface area contributed by atoms with Crippen LogP contribution in [0, 0.1) is 0 Å². The summed E-state index contributed by atoms with van der Waals surface area (Å²) < 4.78 is 0. The third kappa shape index (κ3) is 2.93. The van der Waals surface area contributed by atoms with Crippen molar-refractivity contribution in [2.45, 2.75) is 25.3 Å². The molecule has 114 valence electrons. The van der Waals surface area contributed by atoms with Crippen LogP contribution in [0.5, 0.6) is 0 Å². The van der Waals surface area contributed by atoms with Gasteiger partial charge in [-0.05, 0) is 43.0 Å². The summed E-state index contributed by atoms with van der Waals surface area (Å²) in [5.41, 5.74) is 1.79. The van der Waals surface area contributed by atoms with Crippen molar-refractivity contribution in [1.29, 1.82) is 0 Å². The Kier molecular flexibility index (Phi) is 4.32. The molecule has 0 aliphatic carbocycles. The Morgan fingerprint density at radius 1 is 1.32 bits per heavy atom. The second kappa shape index (κ2) is 6.56. The molecule has 1 saturated heterocycles. The highest BCUT2D eigenvalue weighted by Gasteiger charge is 2.28. The molecule has 22 heavy (non-hydrogen) atoms. The van der Waals surface area contributed by atoms with E-state index in [0.29, 0.717) is 11.4 Å². The van der Waals surface area contributed by atoms with Crippen molar-refractivity contribution < 1.29 is 4.79 Å². The minimum absolute atomic E-state index is 0.0625. The zero-order valence-corrected chi connectivity index (χ0v) is 12.7. The molecule has 0 aromatic carbocycles. The zero-order chi connectivity index (χ0) is 15.4. The quantitative estimate of drug-likeness (QED) is 0.946. The Morgan fingerprint density at radius 3 is 3.00 bits per heavy atom. The molecular weight excluding hydrogens is 276 g/mol. The number of amides is 1. The third-order valence-electron chi connectivity index (χ3n) is 4.10. The lowest BCUT2D eigenvalue weighted by molar-refractivity contribution is 0.0611. The number of aromatic nitrogens is 2. The molecule has 1 atom stereocenters. The monoisotopic (exact) mass is 296 g/mol. The van der Waals surface area contributed by atoms with Crippen molar-refractivity contribution in [1.82, 2.24) is 14.9 Å². The van der Waals surface area contributed by atoms with Crippen LogP contribution in [0.2, 0.25) is 0 Å². The number of anilines is 1. The molecule has 1 aliphatic heterocycles. The van der Waals surface area contributed by atoms with Crippen LogP contribution in [0.3, 0.4) is 0 Å². The predicted molar refractivity (Wildman–Crippen MR) is 85.6 cm³/mol. The molecule has 3 rings (SSSR count). The van der Waals surface area contributed by atoms with Crippen molar-refractivity contribution in [3.63, 3.8) is 0 Å². The van der Waals surface area contributed by atoms with Gasteiger partial charge in [-0.1, -0.05) is 6.07 Å². The van der Waals surface area contributed by atoms with E-state index in [4.69, 9.17) is 0 Å². The first-order valence-corrected chi connectivity index (χ1v) is 7.64. The standard InChI is InChI=1S/C17H20N4O/c1-18-16-11-13(7-9-20-16)17(22)21-10-3-2-6-15(21)14-5-4-8-19-12-14/h4-5,7-9,11-12,15H,2-3,6,10H2,1H3,(H,18,20)/t15-/m1/s1. The molecule has 0 bridgehead atoms. The van der Waals surface area contributed by atoms with Gasteiger partial charge in [0.25, 0.3) is 5.91 Å². The van der Waals surface area contributed by atoms with Crippen LogP contribution in [0.4, 0.5) is 5.82 Å². The van der Waals surface area contributed by atoms with Crippen molar-refractivity contribution in [3.05, 3.63) is 54.0 Å². The SMILES string of the molecule is CNc1cc(C(=O)N2CCCC[C@@H]2c2cccnc2)ccn1. The molecule has 0 spiro atoms. The minimum atomic E-state index is 0.0625. The minimum Gasteiger partial charge on any atom is -0.373 e. The summed E-state index contributed by atoms with van der Waals surface area (Å²) in [6.07, 6.45) is 8.47. The van der Waals surface area contributed by atoms with E-state index in [9.17, 15) is 4.79 Å². The van der Waals surface area contributed by atoms with E-state index in [2.05, 4.69) is 21.4 Å². The van der Waals surface area contributed by atoms with Gasteiger partial charge in [-0.15, -0.1) is 0 Å². The first-order chi connectivity index (χ1) is 10.8. The van der Waals surface area contributed by atoms with Crippen molar-refractivity contribution in [2.75, 3.05) is 18.9 Å². The van der Waals surface area contributed by atoms with E-state index in [0.717, 1.165) is 31.4 Å². The normalized spacial score (nSPS) is 18.0. The maximum absolute atomic E-state index is 12.9. The summed E-state index contributed by atoms with van der Waals surface area (Å²) in [4.78, 5) is 23.2. The number of carbonyl (C=O) groups excluding carboxylic acids is 1. The molecule has 1 amide bonds. The Morgan fingerprint density at radius 2 is 2.23 bits per heavy atom. The summed E-state index contributed by atoms with van der Waals surface area (Å²) in [5, 5.41) is 2.98. The van der Waals surface area contributed by atoms with Gasteiger partial charge < -0.3 is 10.2 Å².